The van der Waals surface area contributed by atoms with Crippen molar-refractivity contribution in [3.8, 4) is 0 Å². The molecule has 3 N–H and O–H groups in total. The number of primary amides is 1. The first kappa shape index (κ1) is 12.0. The molecule has 3 atom stereocenters. The SMILES string of the molecule is CC(C)C(=O)N[C@H]1CC1CC(C)C(N)=O. The molecule has 2 amide bonds. The quantitative estimate of drug-likeness (QED) is 0.702. The van der Waals surface area contributed by atoms with E-state index in [1.165, 1.54) is 0 Å². The maximum absolute atomic E-state index is 11.4. The molecule has 0 heterocycles. The fourth-order valence-electron chi connectivity index (χ4n) is 1.60. The van der Waals surface area contributed by atoms with Crippen LogP contribution in [-0.4, -0.2) is 17.9 Å². The highest BCUT2D eigenvalue weighted by molar-refractivity contribution is 5.78. The smallest absolute Gasteiger partial charge is 0.222 e. The molecule has 0 saturated heterocycles. The number of hydrogen-bond acceptors (Lipinski definition) is 2. The van der Waals surface area contributed by atoms with Gasteiger partial charge in [-0.25, -0.2) is 0 Å². The minimum Gasteiger partial charge on any atom is -0.369 e. The molecule has 1 saturated carbocycles. The van der Waals surface area contributed by atoms with Gasteiger partial charge >= 0.3 is 0 Å². The van der Waals surface area contributed by atoms with Crippen molar-refractivity contribution in [1.82, 2.24) is 5.32 Å². The van der Waals surface area contributed by atoms with E-state index in [1.54, 1.807) is 0 Å². The average molecular weight is 212 g/mol. The maximum atomic E-state index is 11.4. The molecular weight excluding hydrogens is 192 g/mol. The lowest BCUT2D eigenvalue weighted by Crippen LogP contribution is -2.31. The summed E-state index contributed by atoms with van der Waals surface area (Å²) in [5.41, 5.74) is 5.18. The first-order chi connectivity index (χ1) is 6.91. The van der Waals surface area contributed by atoms with Crippen LogP contribution in [0.15, 0.2) is 0 Å². The molecule has 0 spiro atoms. The van der Waals surface area contributed by atoms with Crippen LogP contribution in [0.1, 0.15) is 33.6 Å². The van der Waals surface area contributed by atoms with Gasteiger partial charge in [0.05, 0.1) is 0 Å². The fraction of sp³-hybridized carbons (Fsp3) is 0.818. The van der Waals surface area contributed by atoms with Crippen LogP contribution in [0.5, 0.6) is 0 Å². The molecule has 1 fully saturated rings. The van der Waals surface area contributed by atoms with Gasteiger partial charge < -0.3 is 11.1 Å². The van der Waals surface area contributed by atoms with E-state index in [4.69, 9.17) is 5.73 Å². The summed E-state index contributed by atoms with van der Waals surface area (Å²) >= 11 is 0. The molecule has 4 nitrogen and oxygen atoms in total. The molecule has 0 aromatic carbocycles. The van der Waals surface area contributed by atoms with Crippen molar-refractivity contribution in [1.29, 1.82) is 0 Å². The topological polar surface area (TPSA) is 72.2 Å². The van der Waals surface area contributed by atoms with Crippen molar-refractivity contribution in [3.63, 3.8) is 0 Å². The summed E-state index contributed by atoms with van der Waals surface area (Å²) in [6, 6.07) is 0.265. The average Bonchev–Trinajstić information content (AvgIpc) is 2.83. The number of carbonyl (C=O) groups excluding carboxylic acids is 2. The van der Waals surface area contributed by atoms with E-state index in [9.17, 15) is 9.59 Å². The van der Waals surface area contributed by atoms with Gasteiger partial charge in [0.25, 0.3) is 0 Å². The number of nitrogens with one attached hydrogen (secondary N) is 1. The summed E-state index contributed by atoms with van der Waals surface area (Å²) in [4.78, 5) is 22.2. The predicted molar refractivity (Wildman–Crippen MR) is 57.9 cm³/mol. The first-order valence-corrected chi connectivity index (χ1v) is 5.51. The van der Waals surface area contributed by atoms with Crippen LogP contribution in [0.2, 0.25) is 0 Å². The molecular formula is C11H20N2O2. The molecule has 4 heteroatoms. The standard InChI is InChI=1S/C11H20N2O2/c1-6(2)11(15)13-9-5-8(9)4-7(3)10(12)14/h6-9H,4-5H2,1-3H3,(H2,12,14)(H,13,15)/t7?,8?,9-/m0/s1. The lowest BCUT2D eigenvalue weighted by molar-refractivity contribution is -0.124. The van der Waals surface area contributed by atoms with Crippen molar-refractivity contribution in [2.75, 3.05) is 0 Å². The van der Waals surface area contributed by atoms with E-state index < -0.39 is 0 Å². The number of nitrogens with two attached hydrogens (primary N) is 1. The van der Waals surface area contributed by atoms with Crippen LogP contribution in [0.4, 0.5) is 0 Å². The number of hydrogen-bond donors (Lipinski definition) is 2. The lowest BCUT2D eigenvalue weighted by Gasteiger charge is -2.08. The van der Waals surface area contributed by atoms with Gasteiger partial charge in [0.15, 0.2) is 0 Å². The second-order valence-electron chi connectivity index (χ2n) is 4.80. The van der Waals surface area contributed by atoms with E-state index >= 15 is 0 Å². The van der Waals surface area contributed by atoms with Crippen LogP contribution in [0.25, 0.3) is 0 Å². The summed E-state index contributed by atoms with van der Waals surface area (Å²) < 4.78 is 0. The molecule has 1 aliphatic carbocycles. The molecule has 1 aliphatic rings. The van der Waals surface area contributed by atoms with Crippen LogP contribution in [0.3, 0.4) is 0 Å². The Balaban J connectivity index is 2.24. The summed E-state index contributed by atoms with van der Waals surface area (Å²) in [6.07, 6.45) is 1.77. The molecule has 0 aromatic rings. The highest BCUT2D eigenvalue weighted by atomic mass is 16.2. The second kappa shape index (κ2) is 4.64. The molecule has 15 heavy (non-hydrogen) atoms. The maximum Gasteiger partial charge on any atom is 0.222 e. The zero-order valence-electron chi connectivity index (χ0n) is 9.62. The van der Waals surface area contributed by atoms with Crippen molar-refractivity contribution < 1.29 is 9.59 Å². The van der Waals surface area contributed by atoms with Crippen LogP contribution < -0.4 is 11.1 Å². The van der Waals surface area contributed by atoms with Crippen LogP contribution in [0, 0.1) is 17.8 Å². The normalized spacial score (nSPS) is 26.1. The Labute approximate surface area is 90.6 Å². The minimum absolute atomic E-state index is 0.0276. The van der Waals surface area contributed by atoms with Gasteiger partial charge in [-0.15, -0.1) is 0 Å². The molecule has 0 bridgehead atoms. The number of carbonyl (C=O) groups is 2. The predicted octanol–water partition coefficient (Wildman–Crippen LogP) is 0.659. The molecule has 86 valence electrons. The monoisotopic (exact) mass is 212 g/mol. The minimum atomic E-state index is -0.254. The van der Waals surface area contributed by atoms with E-state index in [1.807, 2.05) is 20.8 Å². The zero-order valence-corrected chi connectivity index (χ0v) is 9.62. The Kier molecular flexibility index (Phi) is 3.72. The van der Waals surface area contributed by atoms with Crippen LogP contribution in [-0.2, 0) is 9.59 Å². The Morgan fingerprint density at radius 3 is 2.47 bits per heavy atom. The summed E-state index contributed by atoms with van der Waals surface area (Å²) in [5, 5.41) is 2.96. The largest absolute Gasteiger partial charge is 0.369 e. The van der Waals surface area contributed by atoms with Crippen molar-refractivity contribution in [3.05, 3.63) is 0 Å². The zero-order chi connectivity index (χ0) is 11.6. The molecule has 2 unspecified atom stereocenters. The highest BCUT2D eigenvalue weighted by Crippen LogP contribution is 2.36. The molecule has 0 aliphatic heterocycles. The van der Waals surface area contributed by atoms with Gasteiger partial charge in [0, 0.05) is 17.9 Å². The van der Waals surface area contributed by atoms with Crippen molar-refractivity contribution in [2.45, 2.75) is 39.7 Å². The molecule has 0 aromatic heterocycles. The highest BCUT2D eigenvalue weighted by Gasteiger charge is 2.39. The summed E-state index contributed by atoms with van der Waals surface area (Å²) in [7, 11) is 0. The summed E-state index contributed by atoms with van der Waals surface area (Å²) in [6.45, 7) is 5.58. The van der Waals surface area contributed by atoms with E-state index in [2.05, 4.69) is 5.32 Å². The molecule has 0 radical (unpaired) electrons. The van der Waals surface area contributed by atoms with Gasteiger partial charge in [-0.2, -0.15) is 0 Å². The van der Waals surface area contributed by atoms with Gasteiger partial charge in [-0.3, -0.25) is 9.59 Å². The first-order valence-electron chi connectivity index (χ1n) is 5.51. The van der Waals surface area contributed by atoms with E-state index in [0.29, 0.717) is 5.92 Å². The number of rotatable bonds is 5. The lowest BCUT2D eigenvalue weighted by atomic mass is 10.0. The Morgan fingerprint density at radius 1 is 1.40 bits per heavy atom. The van der Waals surface area contributed by atoms with E-state index in [0.717, 1.165) is 12.8 Å². The third kappa shape index (κ3) is 3.53. The second-order valence-corrected chi connectivity index (χ2v) is 4.80. The van der Waals surface area contributed by atoms with Crippen LogP contribution >= 0.6 is 0 Å². The summed E-state index contributed by atoms with van der Waals surface area (Å²) in [5.74, 6) is 0.219. The van der Waals surface area contributed by atoms with Gasteiger partial charge in [0.2, 0.25) is 11.8 Å². The Hall–Kier alpha value is -1.06. The van der Waals surface area contributed by atoms with Gasteiger partial charge in [-0.1, -0.05) is 20.8 Å². The van der Waals surface area contributed by atoms with Gasteiger partial charge in [-0.05, 0) is 18.8 Å². The van der Waals surface area contributed by atoms with E-state index in [-0.39, 0.29) is 29.7 Å². The Morgan fingerprint density at radius 2 is 2.00 bits per heavy atom. The van der Waals surface area contributed by atoms with Gasteiger partial charge in [0.1, 0.15) is 0 Å². The fourth-order valence-corrected chi connectivity index (χ4v) is 1.60. The molecule has 1 rings (SSSR count). The van der Waals surface area contributed by atoms with Crippen molar-refractivity contribution >= 4 is 11.8 Å². The number of amides is 2. The third-order valence-electron chi connectivity index (χ3n) is 2.92. The third-order valence-corrected chi connectivity index (χ3v) is 2.92. The Bertz CT molecular complexity index is 263. The van der Waals surface area contributed by atoms with Crippen molar-refractivity contribution in [2.24, 2.45) is 23.5 Å².